The molecular formula is C30H35N5O4. The van der Waals surface area contributed by atoms with Gasteiger partial charge in [0.1, 0.15) is 6.04 Å². The molecule has 6 rings (SSSR count). The summed E-state index contributed by atoms with van der Waals surface area (Å²) in [5.74, 6) is -0.292. The lowest BCUT2D eigenvalue weighted by Crippen LogP contribution is -2.64. The smallest absolute Gasteiger partial charge is 0.255 e. The Kier molecular flexibility index (Phi) is 6.62. The number of rotatable bonds is 5. The number of amides is 4. The van der Waals surface area contributed by atoms with Gasteiger partial charge < -0.3 is 14.7 Å². The number of nitrogens with one attached hydrogen (secondary N) is 1. The summed E-state index contributed by atoms with van der Waals surface area (Å²) in [6, 6.07) is 13.7. The van der Waals surface area contributed by atoms with Gasteiger partial charge in [-0.3, -0.25) is 29.4 Å². The van der Waals surface area contributed by atoms with E-state index in [0.717, 1.165) is 56.1 Å². The summed E-state index contributed by atoms with van der Waals surface area (Å²) in [6.45, 7) is 9.81. The van der Waals surface area contributed by atoms with Crippen molar-refractivity contribution in [1.82, 2.24) is 20.0 Å². The van der Waals surface area contributed by atoms with Crippen molar-refractivity contribution >= 4 is 29.3 Å². The summed E-state index contributed by atoms with van der Waals surface area (Å²) in [6.07, 6.45) is 0.623. The van der Waals surface area contributed by atoms with Gasteiger partial charge in [-0.05, 0) is 53.8 Å². The molecule has 4 aliphatic heterocycles. The van der Waals surface area contributed by atoms with Crippen LogP contribution in [0.2, 0.25) is 0 Å². The van der Waals surface area contributed by atoms with Crippen molar-refractivity contribution in [1.29, 1.82) is 0 Å². The second-order valence-corrected chi connectivity index (χ2v) is 11.4. The number of nitrogens with zero attached hydrogens (tertiary/aromatic N) is 4. The monoisotopic (exact) mass is 529 g/mol. The summed E-state index contributed by atoms with van der Waals surface area (Å²) in [5, 5.41) is 2.36. The Morgan fingerprint density at radius 1 is 0.974 bits per heavy atom. The molecule has 39 heavy (non-hydrogen) atoms. The van der Waals surface area contributed by atoms with Crippen molar-refractivity contribution in [2.24, 2.45) is 0 Å². The molecule has 4 heterocycles. The maximum Gasteiger partial charge on any atom is 0.255 e. The van der Waals surface area contributed by atoms with Crippen LogP contribution in [0.5, 0.6) is 0 Å². The van der Waals surface area contributed by atoms with Gasteiger partial charge in [-0.15, -0.1) is 0 Å². The highest BCUT2D eigenvalue weighted by atomic mass is 16.2. The Morgan fingerprint density at radius 3 is 2.46 bits per heavy atom. The number of benzene rings is 2. The van der Waals surface area contributed by atoms with E-state index in [-0.39, 0.29) is 30.0 Å². The average molecular weight is 530 g/mol. The van der Waals surface area contributed by atoms with E-state index in [4.69, 9.17) is 0 Å². The molecule has 3 fully saturated rings. The molecule has 204 valence electrons. The molecule has 1 N–H and O–H groups in total. The van der Waals surface area contributed by atoms with Gasteiger partial charge in [0.25, 0.3) is 11.8 Å². The van der Waals surface area contributed by atoms with Gasteiger partial charge in [0, 0.05) is 75.1 Å². The fourth-order valence-corrected chi connectivity index (χ4v) is 6.17. The van der Waals surface area contributed by atoms with E-state index < -0.39 is 6.04 Å². The molecule has 9 nitrogen and oxygen atoms in total. The van der Waals surface area contributed by atoms with Gasteiger partial charge in [0.05, 0.1) is 0 Å². The van der Waals surface area contributed by atoms with Crippen LogP contribution >= 0.6 is 0 Å². The van der Waals surface area contributed by atoms with E-state index >= 15 is 0 Å². The number of piperidine rings is 1. The van der Waals surface area contributed by atoms with E-state index in [9.17, 15) is 19.2 Å². The third-order valence-corrected chi connectivity index (χ3v) is 8.65. The van der Waals surface area contributed by atoms with Gasteiger partial charge in [-0.2, -0.15) is 0 Å². The van der Waals surface area contributed by atoms with E-state index in [1.807, 2.05) is 35.2 Å². The van der Waals surface area contributed by atoms with E-state index in [0.29, 0.717) is 30.5 Å². The number of fused-ring (bicyclic) bond motifs is 1. The fraction of sp³-hybridized carbons (Fsp3) is 0.467. The Morgan fingerprint density at radius 2 is 1.74 bits per heavy atom. The first-order valence-electron chi connectivity index (χ1n) is 13.9. The molecule has 0 radical (unpaired) electrons. The van der Waals surface area contributed by atoms with Crippen molar-refractivity contribution in [3.05, 3.63) is 64.7 Å². The fourth-order valence-electron chi connectivity index (χ4n) is 6.17. The minimum Gasteiger partial charge on any atom is -0.369 e. The van der Waals surface area contributed by atoms with Crippen molar-refractivity contribution in [2.75, 3.05) is 44.2 Å². The zero-order valence-electron chi connectivity index (χ0n) is 22.6. The Bertz CT molecular complexity index is 1330. The summed E-state index contributed by atoms with van der Waals surface area (Å²) < 4.78 is 0. The van der Waals surface area contributed by atoms with Crippen molar-refractivity contribution in [3.8, 4) is 0 Å². The maximum atomic E-state index is 13.0. The van der Waals surface area contributed by atoms with Crippen molar-refractivity contribution in [3.63, 3.8) is 0 Å². The first kappa shape index (κ1) is 25.6. The zero-order chi connectivity index (χ0) is 27.3. The molecule has 2 aromatic carbocycles. The Labute approximate surface area is 228 Å². The number of likely N-dealkylation sites (tertiary alicyclic amines) is 1. The van der Waals surface area contributed by atoms with Crippen molar-refractivity contribution in [2.45, 2.75) is 51.2 Å². The summed E-state index contributed by atoms with van der Waals surface area (Å²) in [5.41, 5.74) is 4.62. The first-order valence-corrected chi connectivity index (χ1v) is 13.9. The minimum atomic E-state index is -0.595. The molecular weight excluding hydrogens is 494 g/mol. The molecule has 1 unspecified atom stereocenters. The van der Waals surface area contributed by atoms with E-state index in [1.165, 1.54) is 5.56 Å². The second-order valence-electron chi connectivity index (χ2n) is 11.4. The minimum absolute atomic E-state index is 0.117. The molecule has 9 heteroatoms. The van der Waals surface area contributed by atoms with Crippen LogP contribution in [0.15, 0.2) is 42.5 Å². The Hall–Kier alpha value is -3.72. The molecule has 4 amide bonds. The lowest BCUT2D eigenvalue weighted by atomic mass is 9.99. The summed E-state index contributed by atoms with van der Waals surface area (Å²) >= 11 is 0. The Balaban J connectivity index is 1.02. The normalized spacial score (nSPS) is 22.3. The molecule has 1 atom stereocenters. The maximum absolute atomic E-state index is 13.0. The molecule has 0 saturated carbocycles. The molecule has 0 bridgehead atoms. The van der Waals surface area contributed by atoms with E-state index in [2.05, 4.69) is 41.1 Å². The predicted octanol–water partition coefficient (Wildman–Crippen LogP) is 2.22. The largest absolute Gasteiger partial charge is 0.369 e. The molecule has 0 aromatic heterocycles. The standard InChI is InChI=1S/C30H35N5O4/c1-19(2)20-4-3-5-21(14-20)29(38)34-17-24(18-34)33-12-10-32(11-13-33)23-6-7-25-22(15-23)16-35(30(25)39)26-8-9-27(36)31-28(26)37/h3-7,14-15,19,24,26H,8-13,16-18H2,1-2H3,(H,31,36,37). The number of piperazine rings is 1. The lowest BCUT2D eigenvalue weighted by molar-refractivity contribution is -0.136. The van der Waals surface area contributed by atoms with Crippen LogP contribution in [-0.4, -0.2) is 89.7 Å². The lowest BCUT2D eigenvalue weighted by Gasteiger charge is -2.48. The topological polar surface area (TPSA) is 93.3 Å². The van der Waals surface area contributed by atoms with Gasteiger partial charge in [0.2, 0.25) is 11.8 Å². The van der Waals surface area contributed by atoms with Crippen LogP contribution in [0, 0.1) is 0 Å². The van der Waals surface area contributed by atoms with Crippen LogP contribution in [-0.2, 0) is 16.1 Å². The number of hydrogen-bond donors (Lipinski definition) is 1. The molecule has 0 spiro atoms. The average Bonchev–Trinajstić information content (AvgIpc) is 3.23. The molecule has 0 aliphatic carbocycles. The SMILES string of the molecule is CC(C)c1cccc(C(=O)N2CC(N3CCN(c4ccc5c(c4)CN(C4CCC(=O)NC4=O)C5=O)CC3)C2)c1. The summed E-state index contributed by atoms with van der Waals surface area (Å²) in [4.78, 5) is 58.2. The highest BCUT2D eigenvalue weighted by Crippen LogP contribution is 2.31. The van der Waals surface area contributed by atoms with Crippen LogP contribution in [0.3, 0.4) is 0 Å². The predicted molar refractivity (Wildman–Crippen MR) is 146 cm³/mol. The van der Waals surface area contributed by atoms with Crippen LogP contribution in [0.4, 0.5) is 5.69 Å². The third-order valence-electron chi connectivity index (χ3n) is 8.65. The highest BCUT2D eigenvalue weighted by Gasteiger charge is 2.40. The van der Waals surface area contributed by atoms with Gasteiger partial charge in [-0.1, -0.05) is 26.0 Å². The number of hydrogen-bond acceptors (Lipinski definition) is 6. The number of carbonyl (C=O) groups is 4. The quantitative estimate of drug-likeness (QED) is 0.597. The van der Waals surface area contributed by atoms with Crippen LogP contribution in [0.25, 0.3) is 0 Å². The summed E-state index contributed by atoms with van der Waals surface area (Å²) in [7, 11) is 0. The number of imide groups is 1. The number of carbonyl (C=O) groups excluding carboxylic acids is 4. The van der Waals surface area contributed by atoms with Crippen LogP contribution < -0.4 is 10.2 Å². The number of anilines is 1. The molecule has 3 saturated heterocycles. The third kappa shape index (κ3) is 4.80. The van der Waals surface area contributed by atoms with Gasteiger partial charge in [-0.25, -0.2) is 0 Å². The van der Waals surface area contributed by atoms with Crippen molar-refractivity contribution < 1.29 is 19.2 Å². The van der Waals surface area contributed by atoms with Crippen LogP contribution in [0.1, 0.15) is 64.4 Å². The first-order chi connectivity index (χ1) is 18.8. The zero-order valence-corrected chi connectivity index (χ0v) is 22.6. The van der Waals surface area contributed by atoms with Gasteiger partial charge >= 0.3 is 0 Å². The van der Waals surface area contributed by atoms with Gasteiger partial charge in [0.15, 0.2) is 0 Å². The highest BCUT2D eigenvalue weighted by molar-refractivity contribution is 6.05. The van der Waals surface area contributed by atoms with E-state index in [1.54, 1.807) is 4.90 Å². The second kappa shape index (κ2) is 10.1. The molecule has 4 aliphatic rings. The molecule has 2 aromatic rings.